The van der Waals surface area contributed by atoms with E-state index in [2.05, 4.69) is 5.32 Å². The molecule has 0 fully saturated rings. The Bertz CT molecular complexity index is 531. The molecule has 3 nitrogen and oxygen atoms in total. The van der Waals surface area contributed by atoms with E-state index >= 15 is 0 Å². The van der Waals surface area contributed by atoms with Crippen molar-refractivity contribution in [3.8, 4) is 0 Å². The van der Waals surface area contributed by atoms with Gasteiger partial charge in [-0.25, -0.2) is 0 Å². The predicted octanol–water partition coefficient (Wildman–Crippen LogP) is 3.70. The predicted molar refractivity (Wildman–Crippen MR) is 84.7 cm³/mol. The lowest BCUT2D eigenvalue weighted by Crippen LogP contribution is -2.24. The van der Waals surface area contributed by atoms with Crippen LogP contribution in [0, 0.1) is 6.92 Å². The molecule has 1 aromatic heterocycles. The van der Waals surface area contributed by atoms with Gasteiger partial charge in [0.25, 0.3) is 0 Å². The van der Waals surface area contributed by atoms with Gasteiger partial charge in [-0.05, 0) is 36.1 Å². The average Bonchev–Trinajstić information content (AvgIpc) is 2.93. The third kappa shape index (κ3) is 4.80. The molecule has 0 amide bonds. The van der Waals surface area contributed by atoms with Crippen LogP contribution in [-0.2, 0) is 11.3 Å². The number of nitrogens with one attached hydrogen (secondary N) is 1. The fraction of sp³-hybridized carbons (Fsp3) is 0.333. The summed E-state index contributed by atoms with van der Waals surface area (Å²) in [6.07, 6.45) is -0.546. The van der Waals surface area contributed by atoms with E-state index in [1.54, 1.807) is 11.3 Å². The molecule has 1 aromatic carbocycles. The second kappa shape index (κ2) is 7.64. The zero-order valence-electron chi connectivity index (χ0n) is 11.3. The molecule has 1 heterocycles. The number of aryl methyl sites for hydroxylation is 1. The van der Waals surface area contributed by atoms with Gasteiger partial charge < -0.3 is 15.2 Å². The van der Waals surface area contributed by atoms with Crippen molar-refractivity contribution < 1.29 is 9.84 Å². The number of hydrogen-bond acceptors (Lipinski definition) is 4. The molecule has 20 heavy (non-hydrogen) atoms. The van der Waals surface area contributed by atoms with E-state index in [-0.39, 0.29) is 0 Å². The fourth-order valence-electron chi connectivity index (χ4n) is 1.69. The minimum atomic E-state index is -0.546. The van der Waals surface area contributed by atoms with Crippen LogP contribution in [0.25, 0.3) is 0 Å². The molecule has 2 aromatic rings. The molecule has 1 unspecified atom stereocenters. The van der Waals surface area contributed by atoms with Gasteiger partial charge in [-0.3, -0.25) is 0 Å². The first-order valence-corrected chi connectivity index (χ1v) is 7.69. The monoisotopic (exact) mass is 311 g/mol. The van der Waals surface area contributed by atoms with Crippen LogP contribution < -0.4 is 5.32 Å². The third-order valence-corrected chi connectivity index (χ3v) is 4.11. The number of anilines is 1. The first kappa shape index (κ1) is 15.3. The van der Waals surface area contributed by atoms with Gasteiger partial charge in [-0.1, -0.05) is 23.7 Å². The van der Waals surface area contributed by atoms with E-state index in [0.29, 0.717) is 19.8 Å². The lowest BCUT2D eigenvalue weighted by molar-refractivity contribution is 0.0359. The number of hydrogen-bond donors (Lipinski definition) is 2. The highest BCUT2D eigenvalue weighted by atomic mass is 35.5. The second-order valence-electron chi connectivity index (χ2n) is 4.59. The summed E-state index contributed by atoms with van der Waals surface area (Å²) in [5.74, 6) is 0. The highest BCUT2D eigenvalue weighted by molar-refractivity contribution is 7.09. The van der Waals surface area contributed by atoms with Crippen molar-refractivity contribution in [2.75, 3.05) is 18.5 Å². The summed E-state index contributed by atoms with van der Waals surface area (Å²) >= 11 is 7.69. The van der Waals surface area contributed by atoms with Crippen molar-refractivity contribution in [2.45, 2.75) is 19.6 Å². The summed E-state index contributed by atoms with van der Waals surface area (Å²) in [7, 11) is 0. The summed E-state index contributed by atoms with van der Waals surface area (Å²) in [6.45, 7) is 3.25. The number of rotatable bonds is 7. The van der Waals surface area contributed by atoms with Crippen LogP contribution in [0.4, 0.5) is 5.69 Å². The summed E-state index contributed by atoms with van der Waals surface area (Å²) in [5.41, 5.74) is 1.94. The molecule has 2 rings (SSSR count). The van der Waals surface area contributed by atoms with Crippen molar-refractivity contribution >= 4 is 28.6 Å². The third-order valence-electron chi connectivity index (χ3n) is 2.85. The van der Waals surface area contributed by atoms with Gasteiger partial charge in [0, 0.05) is 22.1 Å². The Morgan fingerprint density at radius 3 is 2.95 bits per heavy atom. The summed E-state index contributed by atoms with van der Waals surface area (Å²) in [4.78, 5) is 1.16. The highest BCUT2D eigenvalue weighted by Crippen LogP contribution is 2.19. The Morgan fingerprint density at radius 1 is 1.40 bits per heavy atom. The molecule has 0 aliphatic carbocycles. The molecule has 0 aliphatic rings. The van der Waals surface area contributed by atoms with Crippen LogP contribution in [-0.4, -0.2) is 24.4 Å². The minimum absolute atomic E-state index is 0.310. The molecule has 1 atom stereocenters. The number of thiophene rings is 1. The molecule has 0 aliphatic heterocycles. The van der Waals surface area contributed by atoms with E-state index in [0.717, 1.165) is 21.2 Å². The Balaban J connectivity index is 1.69. The van der Waals surface area contributed by atoms with Crippen LogP contribution in [0.5, 0.6) is 0 Å². The first-order valence-electron chi connectivity index (χ1n) is 6.43. The van der Waals surface area contributed by atoms with Crippen molar-refractivity contribution in [3.63, 3.8) is 0 Å². The van der Waals surface area contributed by atoms with Crippen molar-refractivity contribution in [2.24, 2.45) is 0 Å². The molecular weight excluding hydrogens is 294 g/mol. The van der Waals surface area contributed by atoms with Gasteiger partial charge in [0.2, 0.25) is 0 Å². The van der Waals surface area contributed by atoms with E-state index < -0.39 is 6.10 Å². The Kier molecular flexibility index (Phi) is 5.86. The molecule has 0 saturated carbocycles. The molecule has 108 valence electrons. The molecule has 0 radical (unpaired) electrons. The Hall–Kier alpha value is -1.07. The molecule has 5 heteroatoms. The topological polar surface area (TPSA) is 41.5 Å². The number of ether oxygens (including phenoxy) is 1. The van der Waals surface area contributed by atoms with Crippen LogP contribution in [0.2, 0.25) is 5.02 Å². The van der Waals surface area contributed by atoms with E-state index in [9.17, 15) is 5.11 Å². The molecule has 0 saturated heterocycles. The first-order chi connectivity index (χ1) is 9.65. The molecular formula is C15H18ClNO2S. The van der Waals surface area contributed by atoms with Gasteiger partial charge in [-0.2, -0.15) is 0 Å². The zero-order chi connectivity index (χ0) is 14.4. The lowest BCUT2D eigenvalue weighted by Gasteiger charge is -2.13. The van der Waals surface area contributed by atoms with Crippen LogP contribution in [0.15, 0.2) is 35.7 Å². The Morgan fingerprint density at radius 2 is 2.25 bits per heavy atom. The number of benzene rings is 1. The van der Waals surface area contributed by atoms with Crippen molar-refractivity contribution in [3.05, 3.63) is 51.2 Å². The number of halogens is 1. The molecule has 0 spiro atoms. The van der Waals surface area contributed by atoms with E-state index in [1.807, 2.05) is 42.6 Å². The molecule has 2 N–H and O–H groups in total. The second-order valence-corrected chi connectivity index (χ2v) is 6.03. The average molecular weight is 312 g/mol. The molecule has 0 bridgehead atoms. The van der Waals surface area contributed by atoms with Crippen LogP contribution >= 0.6 is 22.9 Å². The maximum atomic E-state index is 9.85. The normalized spacial score (nSPS) is 12.3. The van der Waals surface area contributed by atoms with Gasteiger partial charge in [0.1, 0.15) is 0 Å². The zero-order valence-corrected chi connectivity index (χ0v) is 12.9. The van der Waals surface area contributed by atoms with Gasteiger partial charge >= 0.3 is 0 Å². The van der Waals surface area contributed by atoms with Gasteiger partial charge in [0.15, 0.2) is 0 Å². The number of aliphatic hydroxyl groups excluding tert-OH is 1. The minimum Gasteiger partial charge on any atom is -0.389 e. The number of aliphatic hydroxyl groups is 1. The smallest absolute Gasteiger partial charge is 0.0945 e. The Labute approximate surface area is 128 Å². The van der Waals surface area contributed by atoms with Crippen molar-refractivity contribution in [1.82, 2.24) is 0 Å². The maximum absolute atomic E-state index is 9.85. The van der Waals surface area contributed by atoms with Crippen LogP contribution in [0.3, 0.4) is 0 Å². The van der Waals surface area contributed by atoms with Crippen molar-refractivity contribution in [1.29, 1.82) is 0 Å². The van der Waals surface area contributed by atoms with E-state index in [4.69, 9.17) is 16.3 Å². The van der Waals surface area contributed by atoms with Crippen LogP contribution in [0.1, 0.15) is 10.4 Å². The largest absolute Gasteiger partial charge is 0.389 e. The maximum Gasteiger partial charge on any atom is 0.0945 e. The standard InChI is InChI=1S/C15H18ClNO2S/c1-11-4-5-12(7-15(11)16)17-8-13(18)9-19-10-14-3-2-6-20-14/h2-7,13,17-18H,8-10H2,1H3. The highest BCUT2D eigenvalue weighted by Gasteiger charge is 2.05. The van der Waals surface area contributed by atoms with Gasteiger partial charge in [-0.15, -0.1) is 11.3 Å². The SMILES string of the molecule is Cc1ccc(NCC(O)COCc2cccs2)cc1Cl. The van der Waals surface area contributed by atoms with E-state index in [1.165, 1.54) is 0 Å². The summed E-state index contributed by atoms with van der Waals surface area (Å²) in [5, 5.41) is 15.7. The lowest BCUT2D eigenvalue weighted by atomic mass is 10.2. The summed E-state index contributed by atoms with van der Waals surface area (Å²) in [6, 6.07) is 9.76. The fourth-order valence-corrected chi connectivity index (χ4v) is 2.51. The van der Waals surface area contributed by atoms with Gasteiger partial charge in [0.05, 0.1) is 19.3 Å². The summed E-state index contributed by atoms with van der Waals surface area (Å²) < 4.78 is 5.47. The quantitative estimate of drug-likeness (QED) is 0.819.